The standard InChI is InChI=1S/C11H12N6OS/c1-6-7(19-5-15-6)2-3-18-10-8-9(14-4-13-8)16-11(12)17-10/h4-5H,2-3H2,1H3,(H3,12,13,14,16,17). The number of nitrogens with zero attached hydrogens (tertiary/aromatic N) is 4. The van der Waals surface area contributed by atoms with Crippen molar-refractivity contribution in [2.24, 2.45) is 0 Å². The van der Waals surface area contributed by atoms with Crippen molar-refractivity contribution >= 4 is 28.4 Å². The molecule has 3 heterocycles. The lowest BCUT2D eigenvalue weighted by atomic mass is 10.3. The van der Waals surface area contributed by atoms with Crippen molar-refractivity contribution in [3.8, 4) is 5.88 Å². The third kappa shape index (κ3) is 2.34. The van der Waals surface area contributed by atoms with Crippen molar-refractivity contribution in [1.82, 2.24) is 24.9 Å². The van der Waals surface area contributed by atoms with Gasteiger partial charge in [0.2, 0.25) is 11.8 Å². The van der Waals surface area contributed by atoms with Crippen LogP contribution in [-0.4, -0.2) is 31.5 Å². The number of nitrogens with two attached hydrogens (primary N) is 1. The number of fused-ring (bicyclic) bond motifs is 1. The number of aryl methyl sites for hydroxylation is 1. The van der Waals surface area contributed by atoms with Gasteiger partial charge in [-0.25, -0.2) is 9.97 Å². The number of nitrogens with one attached hydrogen (secondary N) is 1. The second-order valence-electron chi connectivity index (χ2n) is 3.95. The Morgan fingerprint density at radius 2 is 2.26 bits per heavy atom. The monoisotopic (exact) mass is 276 g/mol. The number of thiazole rings is 1. The zero-order valence-corrected chi connectivity index (χ0v) is 11.1. The highest BCUT2D eigenvalue weighted by Crippen LogP contribution is 2.20. The maximum Gasteiger partial charge on any atom is 0.245 e. The lowest BCUT2D eigenvalue weighted by molar-refractivity contribution is 0.314. The van der Waals surface area contributed by atoms with E-state index >= 15 is 0 Å². The summed E-state index contributed by atoms with van der Waals surface area (Å²) in [4.78, 5) is 20.5. The molecule has 0 saturated carbocycles. The predicted molar refractivity (Wildman–Crippen MR) is 72.1 cm³/mol. The second kappa shape index (κ2) is 4.81. The Kier molecular flexibility index (Phi) is 3.00. The predicted octanol–water partition coefficient (Wildman–Crippen LogP) is 1.32. The number of nitrogen functional groups attached to an aromatic ring is 1. The quantitative estimate of drug-likeness (QED) is 0.745. The Balaban J connectivity index is 1.75. The maximum atomic E-state index is 5.66. The van der Waals surface area contributed by atoms with Gasteiger partial charge in [0.1, 0.15) is 5.52 Å². The van der Waals surface area contributed by atoms with Crippen LogP contribution >= 0.6 is 11.3 Å². The van der Waals surface area contributed by atoms with Crippen LogP contribution in [0.2, 0.25) is 0 Å². The third-order valence-electron chi connectivity index (χ3n) is 2.68. The summed E-state index contributed by atoms with van der Waals surface area (Å²) in [5.41, 5.74) is 9.66. The van der Waals surface area contributed by atoms with Gasteiger partial charge in [-0.1, -0.05) is 0 Å². The van der Waals surface area contributed by atoms with Crippen molar-refractivity contribution in [1.29, 1.82) is 0 Å². The number of H-pyrrole nitrogens is 1. The summed E-state index contributed by atoms with van der Waals surface area (Å²) in [6.45, 7) is 2.50. The van der Waals surface area contributed by atoms with Crippen molar-refractivity contribution in [3.63, 3.8) is 0 Å². The number of anilines is 1. The minimum atomic E-state index is 0.156. The van der Waals surface area contributed by atoms with E-state index in [2.05, 4.69) is 24.9 Å². The molecule has 7 nitrogen and oxygen atoms in total. The second-order valence-corrected chi connectivity index (χ2v) is 4.89. The van der Waals surface area contributed by atoms with Crippen LogP contribution in [0.5, 0.6) is 5.88 Å². The van der Waals surface area contributed by atoms with E-state index < -0.39 is 0 Å². The summed E-state index contributed by atoms with van der Waals surface area (Å²) in [7, 11) is 0. The molecule has 0 radical (unpaired) electrons. The molecule has 98 valence electrons. The average molecular weight is 276 g/mol. The minimum Gasteiger partial charge on any atom is -0.476 e. The van der Waals surface area contributed by atoms with E-state index in [9.17, 15) is 0 Å². The number of ether oxygens (including phenoxy) is 1. The largest absolute Gasteiger partial charge is 0.476 e. The van der Waals surface area contributed by atoms with Crippen molar-refractivity contribution in [3.05, 3.63) is 22.4 Å². The maximum absolute atomic E-state index is 5.66. The zero-order chi connectivity index (χ0) is 13.2. The lowest BCUT2D eigenvalue weighted by Crippen LogP contribution is -2.05. The SMILES string of the molecule is Cc1ncsc1CCOc1nc(N)nc2nc[nH]c12. The highest BCUT2D eigenvalue weighted by atomic mass is 32.1. The Morgan fingerprint density at radius 1 is 1.37 bits per heavy atom. The Morgan fingerprint density at radius 3 is 3.05 bits per heavy atom. The van der Waals surface area contributed by atoms with Gasteiger partial charge in [-0.3, -0.25) is 0 Å². The number of hydrogen-bond donors (Lipinski definition) is 2. The van der Waals surface area contributed by atoms with Gasteiger partial charge in [0.05, 0.1) is 24.1 Å². The van der Waals surface area contributed by atoms with Gasteiger partial charge in [0.15, 0.2) is 5.65 Å². The lowest BCUT2D eigenvalue weighted by Gasteiger charge is -2.05. The molecular formula is C11H12N6OS. The molecule has 19 heavy (non-hydrogen) atoms. The number of aromatic amines is 1. The van der Waals surface area contributed by atoms with Gasteiger partial charge < -0.3 is 15.5 Å². The number of imidazole rings is 1. The van der Waals surface area contributed by atoms with Crippen LogP contribution in [0.3, 0.4) is 0 Å². The summed E-state index contributed by atoms with van der Waals surface area (Å²) in [6, 6.07) is 0. The van der Waals surface area contributed by atoms with Crippen LogP contribution in [0.25, 0.3) is 11.2 Å². The summed E-state index contributed by atoms with van der Waals surface area (Å²) < 4.78 is 5.66. The Labute approximate surface area is 112 Å². The number of aromatic nitrogens is 5. The molecule has 0 amide bonds. The van der Waals surface area contributed by atoms with E-state index in [1.54, 1.807) is 17.7 Å². The van der Waals surface area contributed by atoms with Gasteiger partial charge in [-0.15, -0.1) is 11.3 Å². The molecular weight excluding hydrogens is 264 g/mol. The van der Waals surface area contributed by atoms with E-state index in [0.717, 1.165) is 12.1 Å². The fraction of sp³-hybridized carbons (Fsp3) is 0.273. The van der Waals surface area contributed by atoms with Crippen LogP contribution in [0.15, 0.2) is 11.8 Å². The molecule has 0 bridgehead atoms. The van der Waals surface area contributed by atoms with Crippen LogP contribution in [-0.2, 0) is 6.42 Å². The molecule has 0 fully saturated rings. The third-order valence-corrected chi connectivity index (χ3v) is 3.68. The summed E-state index contributed by atoms with van der Waals surface area (Å²) in [5, 5.41) is 0. The average Bonchev–Trinajstić information content (AvgIpc) is 2.98. The molecule has 0 unspecified atom stereocenters. The van der Waals surface area contributed by atoms with E-state index in [-0.39, 0.29) is 5.95 Å². The number of rotatable bonds is 4. The Bertz CT molecular complexity index is 706. The zero-order valence-electron chi connectivity index (χ0n) is 10.3. The molecule has 3 N–H and O–H groups in total. The van der Waals surface area contributed by atoms with Gasteiger partial charge in [0, 0.05) is 11.3 Å². The molecule has 0 atom stereocenters. The highest BCUT2D eigenvalue weighted by molar-refractivity contribution is 7.09. The Hall–Kier alpha value is -2.22. The van der Waals surface area contributed by atoms with Crippen LogP contribution in [0.1, 0.15) is 10.6 Å². The fourth-order valence-corrected chi connectivity index (χ4v) is 2.50. The molecule has 3 aromatic heterocycles. The first-order chi connectivity index (χ1) is 9.24. The molecule has 0 aliphatic rings. The molecule has 8 heteroatoms. The van der Waals surface area contributed by atoms with Crippen LogP contribution < -0.4 is 10.5 Å². The van der Waals surface area contributed by atoms with Crippen molar-refractivity contribution < 1.29 is 4.74 Å². The van der Waals surface area contributed by atoms with Crippen molar-refractivity contribution in [2.75, 3.05) is 12.3 Å². The summed E-state index contributed by atoms with van der Waals surface area (Å²) >= 11 is 1.62. The normalized spacial score (nSPS) is 11.0. The first kappa shape index (κ1) is 11.8. The van der Waals surface area contributed by atoms with Crippen LogP contribution in [0.4, 0.5) is 5.95 Å². The van der Waals surface area contributed by atoms with Gasteiger partial charge in [-0.2, -0.15) is 9.97 Å². The van der Waals surface area contributed by atoms with E-state index in [1.165, 1.54) is 4.88 Å². The molecule has 0 spiro atoms. The van der Waals surface area contributed by atoms with E-state index in [1.807, 2.05) is 12.4 Å². The summed E-state index contributed by atoms with van der Waals surface area (Å²) in [5.74, 6) is 0.589. The molecule has 0 saturated heterocycles. The first-order valence-electron chi connectivity index (χ1n) is 5.72. The van der Waals surface area contributed by atoms with E-state index in [0.29, 0.717) is 23.7 Å². The van der Waals surface area contributed by atoms with Crippen molar-refractivity contribution in [2.45, 2.75) is 13.3 Å². The highest BCUT2D eigenvalue weighted by Gasteiger charge is 2.10. The van der Waals surface area contributed by atoms with Gasteiger partial charge in [0.25, 0.3) is 0 Å². The van der Waals surface area contributed by atoms with E-state index in [4.69, 9.17) is 10.5 Å². The van der Waals surface area contributed by atoms with Crippen LogP contribution in [0, 0.1) is 6.92 Å². The first-order valence-corrected chi connectivity index (χ1v) is 6.60. The van der Waals surface area contributed by atoms with Gasteiger partial charge >= 0.3 is 0 Å². The smallest absolute Gasteiger partial charge is 0.245 e. The topological polar surface area (TPSA) is 103 Å². The minimum absolute atomic E-state index is 0.156. The summed E-state index contributed by atoms with van der Waals surface area (Å²) in [6.07, 6.45) is 2.33. The molecule has 0 aliphatic heterocycles. The molecule has 3 aromatic rings. The fourth-order valence-electron chi connectivity index (χ4n) is 1.73. The molecule has 0 aromatic carbocycles. The molecule has 3 rings (SSSR count). The number of hydrogen-bond acceptors (Lipinski definition) is 7. The van der Waals surface area contributed by atoms with Gasteiger partial charge in [-0.05, 0) is 6.92 Å². The molecule has 0 aliphatic carbocycles.